The first-order chi connectivity index (χ1) is 5.72. The molecule has 0 heterocycles. The first-order valence-corrected chi connectivity index (χ1v) is 7.18. The van der Waals surface area contributed by atoms with E-state index in [1.807, 2.05) is 38.4 Å². The number of rotatable bonds is 1. The molecule has 1 unspecified atom stereocenters. The van der Waals surface area contributed by atoms with Crippen LogP contribution in [0.4, 0.5) is 5.69 Å². The normalized spacial score (nSPS) is 8.00. The number of halogens is 2. The van der Waals surface area contributed by atoms with Crippen LogP contribution in [0.15, 0.2) is 24.3 Å². The quantitative estimate of drug-likeness (QED) is 0.434. The van der Waals surface area contributed by atoms with E-state index in [0.717, 1.165) is 0 Å². The van der Waals surface area contributed by atoms with Gasteiger partial charge in [0.05, 0.1) is 0 Å². The summed E-state index contributed by atoms with van der Waals surface area (Å²) < 4.78 is 0. The van der Waals surface area contributed by atoms with Crippen molar-refractivity contribution in [2.24, 2.45) is 0 Å². The Morgan fingerprint density at radius 1 is 1.23 bits per heavy atom. The van der Waals surface area contributed by atoms with Gasteiger partial charge in [-0.25, -0.2) is 0 Å². The van der Waals surface area contributed by atoms with Crippen LogP contribution in [0, 0.1) is 6.07 Å². The van der Waals surface area contributed by atoms with Crippen LogP contribution >= 0.6 is 29.0 Å². The van der Waals surface area contributed by atoms with Crippen molar-refractivity contribution >= 4 is 34.6 Å². The fourth-order valence-electron chi connectivity index (χ4n) is 0.676. The number of hydrogen-bond donors (Lipinski definition) is 0. The van der Waals surface area contributed by atoms with Crippen molar-refractivity contribution in [1.29, 1.82) is 0 Å². The molecule has 0 aliphatic rings. The predicted molar refractivity (Wildman–Crippen MR) is 62.4 cm³/mol. The van der Waals surface area contributed by atoms with Crippen LogP contribution in [0.5, 0.6) is 0 Å². The van der Waals surface area contributed by atoms with E-state index in [4.69, 9.17) is 19.1 Å². The molecule has 0 aliphatic heterocycles. The van der Waals surface area contributed by atoms with E-state index in [1.165, 1.54) is 5.69 Å². The molecule has 0 saturated heterocycles. The van der Waals surface area contributed by atoms with Crippen molar-refractivity contribution in [3.63, 3.8) is 0 Å². The zero-order valence-corrected chi connectivity index (χ0v) is 12.0. The molecule has 0 saturated carbocycles. The molecule has 1 aromatic carbocycles. The summed E-state index contributed by atoms with van der Waals surface area (Å²) in [4.78, 5) is 2.06. The average Bonchev–Trinajstić information content (AvgIpc) is 2.07. The molecule has 0 N–H and O–H groups in total. The van der Waals surface area contributed by atoms with E-state index >= 15 is 0 Å². The summed E-state index contributed by atoms with van der Waals surface area (Å²) in [6, 6.07) is 10.8. The maximum absolute atomic E-state index is 4.81. The Morgan fingerprint density at radius 2 is 1.62 bits per heavy atom. The molecule has 80 valence electrons. The molecule has 0 bridgehead atoms. The summed E-state index contributed by atoms with van der Waals surface area (Å²) in [6.45, 7) is 0. The third-order valence-corrected chi connectivity index (χ3v) is 1.22. The van der Waals surface area contributed by atoms with Crippen molar-refractivity contribution in [2.75, 3.05) is 19.0 Å². The van der Waals surface area contributed by atoms with E-state index in [9.17, 15) is 0 Å². The fraction of sp³-hybridized carbons (Fsp3) is 0.250. The topological polar surface area (TPSA) is 3.24 Å². The minimum absolute atomic E-state index is 0. The van der Waals surface area contributed by atoms with Crippen LogP contribution in [-0.2, 0) is 15.9 Å². The molecule has 0 fully saturated rings. The van der Waals surface area contributed by atoms with Gasteiger partial charge >= 0.3 is 35.0 Å². The van der Waals surface area contributed by atoms with Gasteiger partial charge in [-0.2, -0.15) is 28.1 Å². The maximum atomic E-state index is 4.81. The van der Waals surface area contributed by atoms with Gasteiger partial charge in [0.25, 0.3) is 0 Å². The van der Waals surface area contributed by atoms with Crippen LogP contribution in [-0.4, -0.2) is 14.1 Å². The second-order valence-corrected chi connectivity index (χ2v) is 4.56. The monoisotopic (exact) mass is 330 g/mol. The molecule has 0 spiro atoms. The van der Waals surface area contributed by atoms with Crippen LogP contribution in [0.2, 0.25) is 0 Å². The van der Waals surface area contributed by atoms with E-state index in [1.54, 1.807) is 0 Å². The third kappa shape index (κ3) is 9.01. The molecule has 1 rings (SSSR count). The zero-order valence-electron chi connectivity index (χ0n) is 7.54. The summed E-state index contributed by atoms with van der Waals surface area (Å²) in [5.41, 5.74) is 1.22. The van der Waals surface area contributed by atoms with Gasteiger partial charge in [0.15, 0.2) is 0 Å². The van der Waals surface area contributed by atoms with E-state index < -0.39 is 0 Å². The summed E-state index contributed by atoms with van der Waals surface area (Å²) >= 11 is -0.106. The number of benzene rings is 1. The number of anilines is 1. The molecule has 0 amide bonds. The van der Waals surface area contributed by atoms with Crippen LogP contribution in [0.1, 0.15) is 0 Å². The number of nitrogens with zero attached hydrogens (tertiary/aromatic N) is 1. The van der Waals surface area contributed by atoms with Crippen molar-refractivity contribution in [3.8, 4) is 0 Å². The van der Waals surface area contributed by atoms with Crippen molar-refractivity contribution in [2.45, 2.75) is 0 Å². The van der Waals surface area contributed by atoms with E-state index in [-0.39, 0.29) is 25.8 Å². The van der Waals surface area contributed by atoms with Gasteiger partial charge in [-0.3, -0.25) is 0 Å². The average molecular weight is 331 g/mol. The van der Waals surface area contributed by atoms with Crippen LogP contribution < -0.4 is 4.90 Å². The molecule has 1 aromatic rings. The van der Waals surface area contributed by atoms with Crippen molar-refractivity contribution in [1.82, 2.24) is 0 Å². The summed E-state index contributed by atoms with van der Waals surface area (Å²) in [5.74, 6) is 0. The van der Waals surface area contributed by atoms with Gasteiger partial charge < -0.3 is 4.90 Å². The summed E-state index contributed by atoms with van der Waals surface area (Å²) in [6.07, 6.45) is 0. The van der Waals surface area contributed by atoms with Gasteiger partial charge in [-0.05, 0) is 0 Å². The van der Waals surface area contributed by atoms with E-state index in [0.29, 0.717) is 0 Å². The molecule has 13 heavy (non-hydrogen) atoms. The molecular formula is C8H13Cl2NPPd-. The zero-order chi connectivity index (χ0) is 9.40. The van der Waals surface area contributed by atoms with Gasteiger partial charge in [0.1, 0.15) is 0 Å². The molecular weight excluding hydrogens is 318 g/mol. The Kier molecular flexibility index (Phi) is 13.4. The van der Waals surface area contributed by atoms with Crippen molar-refractivity contribution in [3.05, 3.63) is 30.3 Å². The van der Waals surface area contributed by atoms with Gasteiger partial charge in [-0.1, -0.05) is 5.69 Å². The standard InChI is InChI=1S/C8H10N.2ClH.H3P.Pd/c1-9(2)8-6-4-3-5-7-8;;;;/h4-7H,1-2H3;2*1H;1H3;/q-1;;;;+2/p-2. The van der Waals surface area contributed by atoms with Crippen LogP contribution in [0.25, 0.3) is 0 Å². The third-order valence-electron chi connectivity index (χ3n) is 1.22. The molecule has 5 heteroatoms. The fourth-order valence-corrected chi connectivity index (χ4v) is 0.676. The van der Waals surface area contributed by atoms with Crippen LogP contribution in [0.3, 0.4) is 0 Å². The Bertz CT molecular complexity index is 197. The second-order valence-electron chi connectivity index (χ2n) is 2.20. The SMILES string of the molecule is CN(C)c1cc[c-]cc1.P.[Cl][Pd][Cl]. The molecule has 1 atom stereocenters. The minimum atomic E-state index is -0.106. The van der Waals surface area contributed by atoms with Gasteiger partial charge in [0.2, 0.25) is 0 Å². The first-order valence-electron chi connectivity index (χ1n) is 3.18. The Hall–Kier alpha value is 0.692. The van der Waals surface area contributed by atoms with Crippen molar-refractivity contribution < 1.29 is 15.9 Å². The molecule has 1 nitrogen and oxygen atoms in total. The summed E-state index contributed by atoms with van der Waals surface area (Å²) in [5, 5.41) is 0. The molecule has 0 aliphatic carbocycles. The first kappa shape index (κ1) is 16.1. The number of hydrogen-bond acceptors (Lipinski definition) is 1. The van der Waals surface area contributed by atoms with Gasteiger partial charge in [0, 0.05) is 14.1 Å². The molecule has 0 radical (unpaired) electrons. The predicted octanol–water partition coefficient (Wildman–Crippen LogP) is 2.99. The van der Waals surface area contributed by atoms with Gasteiger partial charge in [-0.15, -0.1) is 12.1 Å². The summed E-state index contributed by atoms with van der Waals surface area (Å²) in [7, 11) is 13.7. The Balaban J connectivity index is 0. The Labute approximate surface area is 99.5 Å². The molecule has 0 aromatic heterocycles. The second kappa shape index (κ2) is 10.8. The Morgan fingerprint density at radius 3 is 1.85 bits per heavy atom. The van der Waals surface area contributed by atoms with E-state index in [2.05, 4.69) is 11.0 Å².